The summed E-state index contributed by atoms with van der Waals surface area (Å²) in [4.78, 5) is 30.2. The second-order valence-corrected chi connectivity index (χ2v) is 8.28. The number of nitro groups is 1. The topological polar surface area (TPSA) is 88.4 Å². The molecule has 0 bridgehead atoms. The van der Waals surface area contributed by atoms with Crippen molar-refractivity contribution in [3.8, 4) is 0 Å². The molecule has 1 fully saturated rings. The summed E-state index contributed by atoms with van der Waals surface area (Å²) in [6, 6.07) is 11.9. The molecule has 1 aliphatic heterocycles. The number of carbonyl (C=O) groups excluding carboxylic acids is 1. The van der Waals surface area contributed by atoms with Crippen LogP contribution in [0.4, 0.5) is 15.8 Å². The van der Waals surface area contributed by atoms with Gasteiger partial charge in [-0.05, 0) is 49.9 Å². The van der Waals surface area contributed by atoms with Crippen LogP contribution in [-0.4, -0.2) is 28.9 Å². The van der Waals surface area contributed by atoms with Crippen molar-refractivity contribution in [1.29, 1.82) is 0 Å². The van der Waals surface area contributed by atoms with E-state index in [0.717, 1.165) is 16.6 Å². The molecule has 8 heteroatoms. The van der Waals surface area contributed by atoms with Gasteiger partial charge in [-0.3, -0.25) is 14.9 Å². The van der Waals surface area contributed by atoms with E-state index in [1.165, 1.54) is 12.1 Å². The highest BCUT2D eigenvalue weighted by molar-refractivity contribution is 5.97. The smallest absolute Gasteiger partial charge is 0.295 e. The molecule has 1 amide bonds. The predicted octanol–water partition coefficient (Wildman–Crippen LogP) is 4.43. The van der Waals surface area contributed by atoms with E-state index in [4.69, 9.17) is 0 Å². The van der Waals surface area contributed by atoms with Gasteiger partial charge in [0, 0.05) is 48.4 Å². The lowest BCUT2D eigenvalue weighted by Gasteiger charge is -2.33. The molecule has 0 atom stereocenters. The standard InChI is InChI=1S/C24H25FN4O3/c1-15-6-7-17(13-20(15)25)14-26-24(30)18-8-10-28(11-9-18)22-12-16(2)27-23-19(22)4-3-5-21(23)29(31)32/h3-7,12-13,18H,8-11,14H2,1-2H3,(H,26,30). The number of para-hydroxylation sites is 1. The van der Waals surface area contributed by atoms with Gasteiger partial charge in [0.25, 0.3) is 5.69 Å². The number of nitrogens with zero attached hydrogens (tertiary/aromatic N) is 3. The number of pyridine rings is 1. The Hall–Kier alpha value is -3.55. The summed E-state index contributed by atoms with van der Waals surface area (Å²) in [6.45, 7) is 5.16. The molecule has 0 radical (unpaired) electrons. The molecule has 2 aromatic carbocycles. The van der Waals surface area contributed by atoms with Crippen molar-refractivity contribution < 1.29 is 14.1 Å². The van der Waals surface area contributed by atoms with Crippen LogP contribution in [0.15, 0.2) is 42.5 Å². The molecule has 2 heterocycles. The van der Waals surface area contributed by atoms with Gasteiger partial charge in [-0.2, -0.15) is 0 Å². The first kappa shape index (κ1) is 21.7. The molecule has 1 aliphatic rings. The monoisotopic (exact) mass is 436 g/mol. The second-order valence-electron chi connectivity index (χ2n) is 8.28. The maximum atomic E-state index is 13.7. The molecule has 0 spiro atoms. The van der Waals surface area contributed by atoms with Crippen molar-refractivity contribution in [2.45, 2.75) is 33.2 Å². The van der Waals surface area contributed by atoms with Crippen LogP contribution in [0.2, 0.25) is 0 Å². The number of non-ortho nitro benzene ring substituents is 1. The first-order valence-electron chi connectivity index (χ1n) is 10.7. The van der Waals surface area contributed by atoms with Crippen molar-refractivity contribution in [2.24, 2.45) is 5.92 Å². The number of fused-ring (bicyclic) bond motifs is 1. The summed E-state index contributed by atoms with van der Waals surface area (Å²) in [7, 11) is 0. The van der Waals surface area contributed by atoms with Gasteiger partial charge in [-0.1, -0.05) is 24.3 Å². The average Bonchev–Trinajstić information content (AvgIpc) is 2.78. The molecule has 0 aliphatic carbocycles. The number of hydrogen-bond acceptors (Lipinski definition) is 5. The Labute approximate surface area is 185 Å². The van der Waals surface area contributed by atoms with E-state index in [0.29, 0.717) is 49.2 Å². The fraction of sp³-hybridized carbons (Fsp3) is 0.333. The summed E-state index contributed by atoms with van der Waals surface area (Å²) in [6.07, 6.45) is 1.35. The minimum absolute atomic E-state index is 0.00532. The molecule has 7 nitrogen and oxygen atoms in total. The third-order valence-corrected chi connectivity index (χ3v) is 6.03. The number of carbonyl (C=O) groups is 1. The van der Waals surface area contributed by atoms with Gasteiger partial charge in [0.2, 0.25) is 5.91 Å². The number of benzene rings is 2. The van der Waals surface area contributed by atoms with Crippen LogP contribution in [0, 0.1) is 35.7 Å². The molecule has 1 saturated heterocycles. The number of rotatable bonds is 5. The van der Waals surface area contributed by atoms with E-state index in [2.05, 4.69) is 15.2 Å². The van der Waals surface area contributed by atoms with Crippen LogP contribution in [0.25, 0.3) is 10.9 Å². The number of aromatic nitrogens is 1. The van der Waals surface area contributed by atoms with E-state index < -0.39 is 4.92 Å². The van der Waals surface area contributed by atoms with Crippen molar-refractivity contribution in [3.63, 3.8) is 0 Å². The van der Waals surface area contributed by atoms with Crippen molar-refractivity contribution >= 4 is 28.2 Å². The molecule has 0 saturated carbocycles. The third-order valence-electron chi connectivity index (χ3n) is 6.03. The molecule has 3 aromatic rings. The number of nitro benzene ring substituents is 1. The highest BCUT2D eigenvalue weighted by atomic mass is 19.1. The van der Waals surface area contributed by atoms with E-state index >= 15 is 0 Å². The molecule has 0 unspecified atom stereocenters. The van der Waals surface area contributed by atoms with Crippen molar-refractivity contribution in [2.75, 3.05) is 18.0 Å². The minimum Gasteiger partial charge on any atom is -0.371 e. The molecule has 1 aromatic heterocycles. The quantitative estimate of drug-likeness (QED) is 0.472. The minimum atomic E-state index is -0.408. The fourth-order valence-corrected chi connectivity index (χ4v) is 4.21. The maximum Gasteiger partial charge on any atom is 0.295 e. The summed E-state index contributed by atoms with van der Waals surface area (Å²) in [5.74, 6) is -0.424. The second kappa shape index (κ2) is 8.90. The summed E-state index contributed by atoms with van der Waals surface area (Å²) >= 11 is 0. The summed E-state index contributed by atoms with van der Waals surface area (Å²) < 4.78 is 13.7. The first-order chi connectivity index (χ1) is 15.3. The van der Waals surface area contributed by atoms with Gasteiger partial charge in [-0.15, -0.1) is 0 Å². The Morgan fingerprint density at radius 3 is 2.66 bits per heavy atom. The van der Waals surface area contributed by atoms with Gasteiger partial charge in [0.1, 0.15) is 5.82 Å². The van der Waals surface area contributed by atoms with Crippen molar-refractivity contribution in [3.05, 3.63) is 75.2 Å². The van der Waals surface area contributed by atoms with Gasteiger partial charge >= 0.3 is 0 Å². The highest BCUT2D eigenvalue weighted by Crippen LogP contribution is 2.34. The fourth-order valence-electron chi connectivity index (χ4n) is 4.21. The number of piperidine rings is 1. The lowest BCUT2D eigenvalue weighted by Crippen LogP contribution is -2.40. The Bertz CT molecular complexity index is 1190. The maximum absolute atomic E-state index is 13.7. The van der Waals surface area contributed by atoms with E-state index in [1.807, 2.05) is 25.1 Å². The number of hydrogen-bond donors (Lipinski definition) is 1. The first-order valence-corrected chi connectivity index (χ1v) is 10.7. The molecule has 4 rings (SSSR count). The highest BCUT2D eigenvalue weighted by Gasteiger charge is 2.27. The molecule has 1 N–H and O–H groups in total. The van der Waals surface area contributed by atoms with E-state index in [-0.39, 0.29) is 23.3 Å². The zero-order valence-electron chi connectivity index (χ0n) is 18.1. The zero-order valence-corrected chi connectivity index (χ0v) is 18.1. The van der Waals surface area contributed by atoms with E-state index in [1.54, 1.807) is 19.1 Å². The van der Waals surface area contributed by atoms with Crippen LogP contribution in [-0.2, 0) is 11.3 Å². The number of amides is 1. The molecular weight excluding hydrogens is 411 g/mol. The molecular formula is C24H25FN4O3. The summed E-state index contributed by atoms with van der Waals surface area (Å²) in [5.41, 5.74) is 3.32. The Balaban J connectivity index is 1.44. The lowest BCUT2D eigenvalue weighted by atomic mass is 9.95. The number of halogens is 1. The van der Waals surface area contributed by atoms with E-state index in [9.17, 15) is 19.3 Å². The third kappa shape index (κ3) is 4.39. The summed E-state index contributed by atoms with van der Waals surface area (Å²) in [5, 5.41) is 15.1. The van der Waals surface area contributed by atoms with Crippen LogP contribution in [0.1, 0.15) is 29.7 Å². The van der Waals surface area contributed by atoms with Gasteiger partial charge in [0.15, 0.2) is 5.52 Å². The van der Waals surface area contributed by atoms with Crippen LogP contribution in [0.3, 0.4) is 0 Å². The van der Waals surface area contributed by atoms with Gasteiger partial charge in [-0.25, -0.2) is 9.37 Å². The Morgan fingerprint density at radius 2 is 1.97 bits per heavy atom. The lowest BCUT2D eigenvalue weighted by molar-refractivity contribution is -0.383. The SMILES string of the molecule is Cc1cc(N2CCC(C(=O)NCc3ccc(C)c(F)c3)CC2)c2cccc([N+](=O)[O-])c2n1. The van der Waals surface area contributed by atoms with Crippen molar-refractivity contribution in [1.82, 2.24) is 10.3 Å². The van der Waals surface area contributed by atoms with Crippen LogP contribution >= 0.6 is 0 Å². The van der Waals surface area contributed by atoms with Gasteiger partial charge < -0.3 is 10.2 Å². The van der Waals surface area contributed by atoms with Crippen LogP contribution in [0.5, 0.6) is 0 Å². The average molecular weight is 436 g/mol. The molecule has 32 heavy (non-hydrogen) atoms. The predicted molar refractivity (Wildman–Crippen MR) is 121 cm³/mol. The Kier molecular flexibility index (Phi) is 6.03. The number of nitrogens with one attached hydrogen (secondary N) is 1. The number of anilines is 1. The zero-order chi connectivity index (χ0) is 22.8. The normalized spacial score (nSPS) is 14.5. The Morgan fingerprint density at radius 1 is 1.22 bits per heavy atom. The number of aryl methyl sites for hydroxylation is 2. The largest absolute Gasteiger partial charge is 0.371 e. The van der Waals surface area contributed by atoms with Crippen LogP contribution < -0.4 is 10.2 Å². The van der Waals surface area contributed by atoms with Gasteiger partial charge in [0.05, 0.1) is 4.92 Å². The molecule has 166 valence electrons.